The lowest BCUT2D eigenvalue weighted by Crippen LogP contribution is -2.36. The monoisotopic (exact) mass is 325 g/mol. The number of hydrogen-bond donors (Lipinski definition) is 1. The first-order valence-corrected chi connectivity index (χ1v) is 10.4. The average molecular weight is 326 g/mol. The summed E-state index contributed by atoms with van der Waals surface area (Å²) in [6, 6.07) is 0. The summed E-state index contributed by atoms with van der Waals surface area (Å²) in [5.74, 6) is 1.46. The van der Waals surface area contributed by atoms with Gasteiger partial charge in [0.2, 0.25) is 0 Å². The van der Waals surface area contributed by atoms with Gasteiger partial charge in [-0.2, -0.15) is 0 Å². The normalized spacial score (nSPS) is 20.1. The molecule has 0 aromatic heterocycles. The lowest BCUT2D eigenvalue weighted by Gasteiger charge is -2.36. The summed E-state index contributed by atoms with van der Waals surface area (Å²) in [5, 5.41) is 3.45. The minimum atomic E-state index is 0.0428. The van der Waals surface area contributed by atoms with Crippen LogP contribution in [0, 0.1) is 11.8 Å². The molecule has 2 nitrogen and oxygen atoms in total. The summed E-state index contributed by atoms with van der Waals surface area (Å²) >= 11 is 0. The molecular formula is C21H43NO. The van der Waals surface area contributed by atoms with Crippen molar-refractivity contribution < 1.29 is 4.74 Å². The maximum absolute atomic E-state index is 6.43. The molecule has 0 aromatic rings. The molecule has 1 aliphatic heterocycles. The van der Waals surface area contributed by atoms with Crippen molar-refractivity contribution in [1.82, 2.24) is 5.32 Å². The molecule has 1 N–H and O–H groups in total. The van der Waals surface area contributed by atoms with E-state index in [1.54, 1.807) is 0 Å². The Kier molecular flexibility index (Phi) is 11.2. The van der Waals surface area contributed by atoms with Gasteiger partial charge in [0.15, 0.2) is 0 Å². The smallest absolute Gasteiger partial charge is 0.0654 e. The predicted molar refractivity (Wildman–Crippen MR) is 102 cm³/mol. The molecule has 0 aliphatic carbocycles. The van der Waals surface area contributed by atoms with Gasteiger partial charge in [-0.1, -0.05) is 65.2 Å². The van der Waals surface area contributed by atoms with E-state index < -0.39 is 0 Å². The van der Waals surface area contributed by atoms with E-state index >= 15 is 0 Å². The quantitative estimate of drug-likeness (QED) is 0.399. The highest BCUT2D eigenvalue weighted by molar-refractivity contribution is 4.81. The zero-order chi connectivity index (χ0) is 17.0. The maximum Gasteiger partial charge on any atom is 0.0654 e. The van der Waals surface area contributed by atoms with Gasteiger partial charge in [0.05, 0.1) is 12.2 Å². The molecule has 138 valence electrons. The molecule has 1 fully saturated rings. The third-order valence-corrected chi connectivity index (χ3v) is 5.65. The van der Waals surface area contributed by atoms with Crippen LogP contribution in [-0.2, 0) is 4.74 Å². The van der Waals surface area contributed by atoms with Gasteiger partial charge in [-0.05, 0) is 51.5 Å². The van der Waals surface area contributed by atoms with Crippen LogP contribution in [0.15, 0.2) is 0 Å². The van der Waals surface area contributed by atoms with Gasteiger partial charge >= 0.3 is 0 Å². The van der Waals surface area contributed by atoms with Crippen molar-refractivity contribution in [2.24, 2.45) is 11.8 Å². The second-order valence-corrected chi connectivity index (χ2v) is 8.17. The van der Waals surface area contributed by atoms with Crippen molar-refractivity contribution in [3.63, 3.8) is 0 Å². The van der Waals surface area contributed by atoms with E-state index in [0.29, 0.717) is 0 Å². The topological polar surface area (TPSA) is 21.3 Å². The van der Waals surface area contributed by atoms with Crippen LogP contribution in [0.2, 0.25) is 0 Å². The Morgan fingerprint density at radius 2 is 1.61 bits per heavy atom. The Labute approximate surface area is 146 Å². The average Bonchev–Trinajstić information content (AvgIpc) is 3.05. The molecule has 0 spiro atoms. The van der Waals surface area contributed by atoms with Crippen molar-refractivity contribution in [2.45, 2.75) is 104 Å². The first-order valence-electron chi connectivity index (χ1n) is 10.4. The number of unbranched alkanes of at least 4 members (excludes halogenated alkanes) is 6. The highest BCUT2D eigenvalue weighted by Gasteiger charge is 2.30. The van der Waals surface area contributed by atoms with Gasteiger partial charge in [-0.3, -0.25) is 0 Å². The zero-order valence-corrected chi connectivity index (χ0v) is 16.5. The van der Waals surface area contributed by atoms with Crippen LogP contribution in [0.4, 0.5) is 0 Å². The lowest BCUT2D eigenvalue weighted by molar-refractivity contribution is -0.0774. The molecule has 0 bridgehead atoms. The molecule has 2 unspecified atom stereocenters. The highest BCUT2D eigenvalue weighted by Crippen LogP contribution is 2.32. The van der Waals surface area contributed by atoms with Gasteiger partial charge < -0.3 is 10.1 Å². The molecule has 1 rings (SSSR count). The Bertz CT molecular complexity index is 271. The Morgan fingerprint density at radius 3 is 2.26 bits per heavy atom. The van der Waals surface area contributed by atoms with Gasteiger partial charge in [-0.15, -0.1) is 0 Å². The molecule has 0 saturated carbocycles. The third-order valence-electron chi connectivity index (χ3n) is 5.65. The second-order valence-electron chi connectivity index (χ2n) is 8.17. The van der Waals surface area contributed by atoms with E-state index in [1.165, 1.54) is 77.2 Å². The molecule has 1 heterocycles. The maximum atomic E-state index is 6.43. The summed E-state index contributed by atoms with van der Waals surface area (Å²) in [6.45, 7) is 12.5. The van der Waals surface area contributed by atoms with E-state index in [9.17, 15) is 0 Å². The van der Waals surface area contributed by atoms with Crippen LogP contribution in [0.1, 0.15) is 98.3 Å². The van der Waals surface area contributed by atoms with Crippen LogP contribution in [-0.4, -0.2) is 25.3 Å². The van der Waals surface area contributed by atoms with Crippen LogP contribution < -0.4 is 5.32 Å². The fourth-order valence-corrected chi connectivity index (χ4v) is 3.77. The molecule has 1 aliphatic rings. The molecule has 2 atom stereocenters. The van der Waals surface area contributed by atoms with Crippen LogP contribution in [0.25, 0.3) is 0 Å². The van der Waals surface area contributed by atoms with Crippen molar-refractivity contribution in [2.75, 3.05) is 19.7 Å². The van der Waals surface area contributed by atoms with E-state index in [0.717, 1.165) is 25.0 Å². The number of nitrogens with one attached hydrogen (secondary N) is 1. The first-order chi connectivity index (χ1) is 11.1. The van der Waals surface area contributed by atoms with Crippen LogP contribution in [0.5, 0.6) is 0 Å². The standard InChI is InChI=1S/C21H43NO/c1-5-7-9-10-11-12-14-20(13-8-6-2)21(3,4)23-18-19-15-16-22-17-19/h19-20,22H,5-18H2,1-4H3. The summed E-state index contributed by atoms with van der Waals surface area (Å²) in [6.07, 6.45) is 15.0. The minimum absolute atomic E-state index is 0.0428. The van der Waals surface area contributed by atoms with E-state index in [1.807, 2.05) is 0 Å². The van der Waals surface area contributed by atoms with E-state index in [2.05, 4.69) is 33.0 Å². The summed E-state index contributed by atoms with van der Waals surface area (Å²) < 4.78 is 6.43. The number of rotatable bonds is 14. The molecule has 2 heteroatoms. The Hall–Kier alpha value is -0.0800. The Morgan fingerprint density at radius 1 is 0.957 bits per heavy atom. The minimum Gasteiger partial charge on any atom is -0.375 e. The van der Waals surface area contributed by atoms with E-state index in [-0.39, 0.29) is 5.60 Å². The Balaban J connectivity index is 2.33. The summed E-state index contributed by atoms with van der Waals surface area (Å²) in [7, 11) is 0. The van der Waals surface area contributed by atoms with Crippen molar-refractivity contribution in [3.05, 3.63) is 0 Å². The molecule has 23 heavy (non-hydrogen) atoms. The summed E-state index contributed by atoms with van der Waals surface area (Å²) in [4.78, 5) is 0. The zero-order valence-electron chi connectivity index (χ0n) is 16.5. The molecule has 0 amide bonds. The number of ether oxygens (including phenoxy) is 1. The SMILES string of the molecule is CCCCCCCCC(CCCC)C(C)(C)OCC1CCNC1. The molecule has 0 aromatic carbocycles. The number of hydrogen-bond acceptors (Lipinski definition) is 2. The summed E-state index contributed by atoms with van der Waals surface area (Å²) in [5.41, 5.74) is 0.0428. The van der Waals surface area contributed by atoms with Crippen molar-refractivity contribution >= 4 is 0 Å². The molecular weight excluding hydrogens is 282 g/mol. The van der Waals surface area contributed by atoms with Crippen LogP contribution in [0.3, 0.4) is 0 Å². The van der Waals surface area contributed by atoms with Crippen LogP contribution >= 0.6 is 0 Å². The molecule has 0 radical (unpaired) electrons. The van der Waals surface area contributed by atoms with Crippen molar-refractivity contribution in [3.8, 4) is 0 Å². The predicted octanol–water partition coefficient (Wildman–Crippen LogP) is 5.95. The molecule has 1 saturated heterocycles. The fraction of sp³-hybridized carbons (Fsp3) is 1.00. The first kappa shape index (κ1) is 21.0. The van der Waals surface area contributed by atoms with Gasteiger partial charge in [0, 0.05) is 6.54 Å². The highest BCUT2D eigenvalue weighted by atomic mass is 16.5. The van der Waals surface area contributed by atoms with Crippen molar-refractivity contribution in [1.29, 1.82) is 0 Å². The fourth-order valence-electron chi connectivity index (χ4n) is 3.77. The van der Waals surface area contributed by atoms with Gasteiger partial charge in [0.1, 0.15) is 0 Å². The lowest BCUT2D eigenvalue weighted by atomic mass is 9.82. The van der Waals surface area contributed by atoms with Gasteiger partial charge in [-0.25, -0.2) is 0 Å². The van der Waals surface area contributed by atoms with Gasteiger partial charge in [0.25, 0.3) is 0 Å². The largest absolute Gasteiger partial charge is 0.375 e. The second kappa shape index (κ2) is 12.3. The van der Waals surface area contributed by atoms with E-state index in [4.69, 9.17) is 4.74 Å². The third kappa shape index (κ3) is 9.10.